The van der Waals surface area contributed by atoms with E-state index in [-0.39, 0.29) is 6.04 Å². The molecule has 3 nitrogen and oxygen atoms in total. The molecule has 0 bridgehead atoms. The molecule has 1 N–H and O–H groups in total. The van der Waals surface area contributed by atoms with Crippen molar-refractivity contribution in [3.05, 3.63) is 51.8 Å². The van der Waals surface area contributed by atoms with Gasteiger partial charge in [0, 0.05) is 12.1 Å². The summed E-state index contributed by atoms with van der Waals surface area (Å²) in [6.45, 7) is 3.07. The maximum absolute atomic E-state index is 6.27. The fraction of sp³-hybridized carbons (Fsp3) is 0.400. The highest BCUT2D eigenvalue weighted by atomic mass is 35.5. The Morgan fingerprint density at radius 1 is 1.25 bits per heavy atom. The third-order valence-corrected chi connectivity index (χ3v) is 3.95. The molecule has 0 fully saturated rings. The van der Waals surface area contributed by atoms with Crippen molar-refractivity contribution in [1.29, 1.82) is 0 Å². The van der Waals surface area contributed by atoms with Crippen molar-refractivity contribution in [3.63, 3.8) is 0 Å². The van der Waals surface area contributed by atoms with Crippen LogP contribution in [0, 0.1) is 0 Å². The van der Waals surface area contributed by atoms with Crippen molar-refractivity contribution < 1.29 is 0 Å². The van der Waals surface area contributed by atoms with E-state index in [1.54, 1.807) is 6.20 Å². The number of benzene rings is 1. The third-order valence-electron chi connectivity index (χ3n) is 3.29. The van der Waals surface area contributed by atoms with Gasteiger partial charge in [-0.25, -0.2) is 0 Å². The Balaban J connectivity index is 2.27. The van der Waals surface area contributed by atoms with Crippen LogP contribution in [0.3, 0.4) is 0 Å². The first kappa shape index (κ1) is 15.4. The molecule has 0 aliphatic carbocycles. The summed E-state index contributed by atoms with van der Waals surface area (Å²) in [5.41, 5.74) is 2.11. The van der Waals surface area contributed by atoms with Gasteiger partial charge in [-0.15, -0.1) is 0 Å². The number of nitrogens with zero attached hydrogens (tertiary/aromatic N) is 2. The van der Waals surface area contributed by atoms with Gasteiger partial charge in [0.15, 0.2) is 0 Å². The minimum absolute atomic E-state index is 0.106. The minimum Gasteiger partial charge on any atom is -0.308 e. The summed E-state index contributed by atoms with van der Waals surface area (Å²) in [6, 6.07) is 8.02. The SMILES string of the molecule is CCCNC(Cc1ccccc1Cl)c1c(Cl)cnn1C. The number of rotatable bonds is 6. The van der Waals surface area contributed by atoms with Crippen molar-refractivity contribution in [2.75, 3.05) is 6.54 Å². The molecule has 1 heterocycles. The van der Waals surface area contributed by atoms with E-state index in [2.05, 4.69) is 17.3 Å². The van der Waals surface area contributed by atoms with Gasteiger partial charge >= 0.3 is 0 Å². The fourth-order valence-electron chi connectivity index (χ4n) is 2.28. The molecule has 0 saturated heterocycles. The van der Waals surface area contributed by atoms with Gasteiger partial charge < -0.3 is 5.32 Å². The molecular formula is C15H19Cl2N3. The Labute approximate surface area is 129 Å². The van der Waals surface area contributed by atoms with Crippen LogP contribution in [0.1, 0.15) is 30.6 Å². The van der Waals surface area contributed by atoms with Crippen LogP contribution in [0.5, 0.6) is 0 Å². The average Bonchev–Trinajstić information content (AvgIpc) is 2.76. The van der Waals surface area contributed by atoms with E-state index in [1.165, 1.54) is 0 Å². The number of nitrogens with one attached hydrogen (secondary N) is 1. The summed E-state index contributed by atoms with van der Waals surface area (Å²) >= 11 is 12.5. The second-order valence-corrected chi connectivity index (χ2v) is 5.62. The van der Waals surface area contributed by atoms with E-state index in [9.17, 15) is 0 Å². The topological polar surface area (TPSA) is 29.9 Å². The number of hydrogen-bond donors (Lipinski definition) is 1. The molecule has 1 atom stereocenters. The van der Waals surface area contributed by atoms with Gasteiger partial charge in [0.05, 0.1) is 23.0 Å². The van der Waals surface area contributed by atoms with Crippen LogP contribution in [0.25, 0.3) is 0 Å². The number of aryl methyl sites for hydroxylation is 1. The Morgan fingerprint density at radius 2 is 2.00 bits per heavy atom. The Bertz CT molecular complexity index is 546. The average molecular weight is 312 g/mol. The Kier molecular flexibility index (Phi) is 5.46. The standard InChI is InChI=1S/C15H19Cl2N3/c1-3-8-18-14(15-13(17)10-19-20(15)2)9-11-6-4-5-7-12(11)16/h4-7,10,14,18H,3,8-9H2,1-2H3. The Morgan fingerprint density at radius 3 is 2.60 bits per heavy atom. The predicted octanol–water partition coefficient (Wildman–Crippen LogP) is 4.01. The lowest BCUT2D eigenvalue weighted by Crippen LogP contribution is -2.26. The van der Waals surface area contributed by atoms with Crippen molar-refractivity contribution in [2.45, 2.75) is 25.8 Å². The summed E-state index contributed by atoms with van der Waals surface area (Å²) in [5, 5.41) is 9.22. The van der Waals surface area contributed by atoms with Crippen LogP contribution >= 0.6 is 23.2 Å². The molecule has 0 aliphatic heterocycles. The van der Waals surface area contributed by atoms with E-state index in [0.717, 1.165) is 35.7 Å². The summed E-state index contributed by atoms with van der Waals surface area (Å²) in [5.74, 6) is 0. The first-order valence-corrected chi connectivity index (χ1v) is 7.53. The normalized spacial score (nSPS) is 12.6. The molecule has 1 aromatic heterocycles. The number of hydrogen-bond acceptors (Lipinski definition) is 2. The first-order chi connectivity index (χ1) is 9.63. The maximum Gasteiger partial charge on any atom is 0.0834 e. The van der Waals surface area contributed by atoms with Crippen LogP contribution in [-0.4, -0.2) is 16.3 Å². The van der Waals surface area contributed by atoms with Crippen LogP contribution in [-0.2, 0) is 13.5 Å². The highest BCUT2D eigenvalue weighted by molar-refractivity contribution is 6.31. The summed E-state index contributed by atoms with van der Waals surface area (Å²) in [6.07, 6.45) is 3.54. The van der Waals surface area contributed by atoms with E-state index in [0.29, 0.717) is 5.02 Å². The molecule has 2 aromatic rings. The molecule has 0 radical (unpaired) electrons. The lowest BCUT2D eigenvalue weighted by molar-refractivity contribution is 0.493. The smallest absolute Gasteiger partial charge is 0.0834 e. The van der Waals surface area contributed by atoms with E-state index < -0.39 is 0 Å². The monoisotopic (exact) mass is 311 g/mol. The molecule has 0 saturated carbocycles. The summed E-state index contributed by atoms with van der Waals surface area (Å²) in [4.78, 5) is 0. The van der Waals surface area contributed by atoms with Gasteiger partial charge in [0.2, 0.25) is 0 Å². The van der Waals surface area contributed by atoms with Crippen LogP contribution < -0.4 is 5.32 Å². The summed E-state index contributed by atoms with van der Waals surface area (Å²) in [7, 11) is 1.91. The molecule has 1 aromatic carbocycles. The van der Waals surface area contributed by atoms with E-state index >= 15 is 0 Å². The number of halogens is 2. The number of aromatic nitrogens is 2. The molecule has 2 rings (SSSR count). The molecule has 5 heteroatoms. The lowest BCUT2D eigenvalue weighted by Gasteiger charge is -2.20. The maximum atomic E-state index is 6.27. The van der Waals surface area contributed by atoms with Gasteiger partial charge in [-0.3, -0.25) is 4.68 Å². The van der Waals surface area contributed by atoms with Gasteiger partial charge in [0.25, 0.3) is 0 Å². The lowest BCUT2D eigenvalue weighted by atomic mass is 10.0. The third kappa shape index (κ3) is 3.54. The van der Waals surface area contributed by atoms with Crippen LogP contribution in [0.2, 0.25) is 10.0 Å². The largest absolute Gasteiger partial charge is 0.308 e. The molecule has 0 aliphatic rings. The van der Waals surface area contributed by atoms with Crippen LogP contribution in [0.15, 0.2) is 30.5 Å². The highest BCUT2D eigenvalue weighted by Gasteiger charge is 2.19. The van der Waals surface area contributed by atoms with Crippen LogP contribution in [0.4, 0.5) is 0 Å². The predicted molar refractivity (Wildman–Crippen MR) is 84.4 cm³/mol. The van der Waals surface area contributed by atoms with Crippen molar-refractivity contribution in [3.8, 4) is 0 Å². The zero-order chi connectivity index (χ0) is 14.5. The van der Waals surface area contributed by atoms with Crippen molar-refractivity contribution >= 4 is 23.2 Å². The minimum atomic E-state index is 0.106. The van der Waals surface area contributed by atoms with Gasteiger partial charge in [0.1, 0.15) is 0 Å². The van der Waals surface area contributed by atoms with Crippen molar-refractivity contribution in [1.82, 2.24) is 15.1 Å². The second-order valence-electron chi connectivity index (χ2n) is 4.80. The molecule has 20 heavy (non-hydrogen) atoms. The van der Waals surface area contributed by atoms with Gasteiger partial charge in [-0.1, -0.05) is 48.3 Å². The fourth-order valence-corrected chi connectivity index (χ4v) is 2.79. The highest BCUT2D eigenvalue weighted by Crippen LogP contribution is 2.27. The van der Waals surface area contributed by atoms with E-state index in [1.807, 2.05) is 36.0 Å². The van der Waals surface area contributed by atoms with Gasteiger partial charge in [-0.05, 0) is 31.0 Å². The quantitative estimate of drug-likeness (QED) is 0.873. The molecule has 0 amide bonds. The van der Waals surface area contributed by atoms with E-state index in [4.69, 9.17) is 23.2 Å². The zero-order valence-corrected chi connectivity index (χ0v) is 13.2. The molecule has 0 spiro atoms. The molecule has 108 valence electrons. The zero-order valence-electron chi connectivity index (χ0n) is 11.7. The first-order valence-electron chi connectivity index (χ1n) is 6.77. The van der Waals surface area contributed by atoms with Crippen molar-refractivity contribution in [2.24, 2.45) is 7.05 Å². The summed E-state index contributed by atoms with van der Waals surface area (Å²) < 4.78 is 1.83. The second kappa shape index (κ2) is 7.11. The van der Waals surface area contributed by atoms with Gasteiger partial charge in [-0.2, -0.15) is 5.10 Å². The molecular weight excluding hydrogens is 293 g/mol. The molecule has 1 unspecified atom stereocenters. The Hall–Kier alpha value is -1.03.